The van der Waals surface area contributed by atoms with Crippen LogP contribution in [0.25, 0.3) is 65.3 Å². The molecule has 0 aliphatic carbocycles. The highest BCUT2D eigenvalue weighted by Crippen LogP contribution is 2.26. The normalized spacial score (nSPS) is 11.1. The monoisotopic (exact) mass is 1970 g/mol. The topological polar surface area (TPSA) is 0 Å². The molecular weight excluding hydrogens is 1900 g/mol. The molecular formula is C89H63ClF2I6+6. The van der Waals surface area contributed by atoms with Crippen molar-refractivity contribution < 1.29 is 136 Å². The number of hydrogen-bond acceptors (Lipinski definition) is 0. The van der Waals surface area contributed by atoms with Crippen LogP contribution in [0.4, 0.5) is 8.78 Å². The Kier molecular flexibility index (Phi) is 24.8. The van der Waals surface area contributed by atoms with Gasteiger partial charge in [0.15, 0.2) is 21.4 Å². The molecule has 476 valence electrons. The Balaban J connectivity index is 0.000000107. The third kappa shape index (κ3) is 18.7. The molecule has 0 saturated carbocycles. The number of hydrogen-bond donors (Lipinski definition) is 0. The van der Waals surface area contributed by atoms with Gasteiger partial charge in [-0.1, -0.05) is 199 Å². The lowest BCUT2D eigenvalue weighted by Crippen LogP contribution is -3.61. The fourth-order valence-electron chi connectivity index (χ4n) is 10.8. The first-order valence-corrected chi connectivity index (χ1v) is 45.0. The smallest absolute Gasteiger partial charge is 0.207 e. The quantitative estimate of drug-likeness (QED) is 0.194. The zero-order chi connectivity index (χ0) is 66.8. The van der Waals surface area contributed by atoms with Crippen LogP contribution in [0.15, 0.2) is 364 Å². The molecule has 0 nitrogen and oxygen atoms in total. The van der Waals surface area contributed by atoms with Crippen LogP contribution in [0.1, 0.15) is 5.56 Å². The lowest BCUT2D eigenvalue weighted by atomic mass is 10.1. The van der Waals surface area contributed by atoms with Crippen LogP contribution in [0.5, 0.6) is 0 Å². The maximum absolute atomic E-state index is 12.7. The molecule has 2 heterocycles. The van der Waals surface area contributed by atoms with Crippen molar-refractivity contribution in [3.8, 4) is 22.3 Å². The molecule has 0 atom stereocenters. The molecule has 2 aliphatic heterocycles. The first-order chi connectivity index (χ1) is 48.2. The van der Waals surface area contributed by atoms with E-state index in [1.165, 1.54) is 131 Å². The molecule has 0 bridgehead atoms. The Bertz CT molecular complexity index is 5090. The highest BCUT2D eigenvalue weighted by molar-refractivity contribution is 6.30. The summed E-state index contributed by atoms with van der Waals surface area (Å²) >= 11 is 5.63. The number of halogens is 9. The van der Waals surface area contributed by atoms with Gasteiger partial charge in [-0.2, -0.15) is 0 Å². The minimum Gasteiger partial charge on any atom is -0.207 e. The average Bonchev–Trinajstić information content (AvgIpc) is 1.64. The van der Waals surface area contributed by atoms with Crippen molar-refractivity contribution in [2.75, 3.05) is 0 Å². The van der Waals surface area contributed by atoms with Crippen LogP contribution in [0.2, 0.25) is 5.02 Å². The van der Waals surface area contributed by atoms with E-state index in [2.05, 4.69) is 292 Å². The molecule has 9 heteroatoms. The lowest BCUT2D eigenvalue weighted by Gasteiger charge is -1.99. The maximum Gasteiger partial charge on any atom is 0.360 e. The van der Waals surface area contributed by atoms with Crippen LogP contribution in [-0.4, -0.2) is 0 Å². The minimum absolute atomic E-state index is 0.0509. The lowest BCUT2D eigenvalue weighted by molar-refractivity contribution is -0.597. The molecule has 0 radical (unpaired) electrons. The van der Waals surface area contributed by atoms with Gasteiger partial charge >= 0.3 is 127 Å². The van der Waals surface area contributed by atoms with E-state index in [-0.39, 0.29) is 139 Å². The van der Waals surface area contributed by atoms with E-state index in [0.29, 0.717) is 0 Å². The van der Waals surface area contributed by atoms with Gasteiger partial charge in [-0.05, 0) is 221 Å². The molecule has 0 amide bonds. The largest absolute Gasteiger partial charge is 0.360 e. The van der Waals surface area contributed by atoms with Crippen molar-refractivity contribution >= 4 is 54.7 Å². The molecule has 18 rings (SSSR count). The van der Waals surface area contributed by atoms with Gasteiger partial charge in [-0.25, -0.2) is 8.78 Å². The molecule has 0 N–H and O–H groups in total. The Morgan fingerprint density at radius 1 is 0.255 bits per heavy atom. The molecule has 2 aliphatic rings. The van der Waals surface area contributed by atoms with Crippen LogP contribution in [0, 0.1) is 61.4 Å². The second-order valence-electron chi connectivity index (χ2n) is 22.5. The molecule has 0 spiro atoms. The Hall–Kier alpha value is -6.91. The van der Waals surface area contributed by atoms with E-state index >= 15 is 0 Å². The van der Waals surface area contributed by atoms with Gasteiger partial charge in [0, 0.05) is 33.0 Å². The Morgan fingerprint density at radius 2 is 0.592 bits per heavy atom. The Labute approximate surface area is 640 Å². The maximum atomic E-state index is 12.7. The predicted octanol–water partition coefficient (Wildman–Crippen LogP) is 4.70. The fourth-order valence-corrected chi connectivity index (χ4v) is 26.8. The summed E-state index contributed by atoms with van der Waals surface area (Å²) in [7, 11) is 0. The summed E-state index contributed by atoms with van der Waals surface area (Å²) in [5, 5.41) is 11.8. The molecule has 0 unspecified atom stereocenters. The van der Waals surface area contributed by atoms with Crippen LogP contribution in [0.3, 0.4) is 0 Å². The van der Waals surface area contributed by atoms with E-state index < -0.39 is 0 Å². The second kappa shape index (κ2) is 34.9. The van der Waals surface area contributed by atoms with E-state index in [1.54, 1.807) is 7.14 Å². The summed E-state index contributed by atoms with van der Waals surface area (Å²) < 4.78 is 42.5. The van der Waals surface area contributed by atoms with Crippen molar-refractivity contribution in [1.29, 1.82) is 0 Å². The van der Waals surface area contributed by atoms with E-state index in [0.717, 1.165) is 5.02 Å². The zero-order valence-corrected chi connectivity index (χ0v) is 66.7. The molecule has 0 fully saturated rings. The van der Waals surface area contributed by atoms with Gasteiger partial charge in [-0.3, -0.25) is 0 Å². The predicted molar refractivity (Wildman–Crippen MR) is 379 cm³/mol. The first kappa shape index (κ1) is 69.6. The molecule has 98 heavy (non-hydrogen) atoms. The summed E-state index contributed by atoms with van der Waals surface area (Å²) in [5.74, 6) is -0.322. The summed E-state index contributed by atoms with van der Waals surface area (Å²) in [4.78, 5) is 0. The van der Waals surface area contributed by atoms with Crippen molar-refractivity contribution in [1.82, 2.24) is 0 Å². The van der Waals surface area contributed by atoms with Gasteiger partial charge < -0.3 is 0 Å². The highest BCUT2D eigenvalue weighted by atomic mass is 127. The molecule has 0 aromatic heterocycles. The number of aryl methyl sites for hydroxylation is 1. The highest BCUT2D eigenvalue weighted by Gasteiger charge is 2.35. The summed E-state index contributed by atoms with van der Waals surface area (Å²) in [6, 6.07) is 127. The molecule has 16 aromatic carbocycles. The van der Waals surface area contributed by atoms with Crippen molar-refractivity contribution in [2.24, 2.45) is 0 Å². The van der Waals surface area contributed by atoms with Gasteiger partial charge in [0.2, 0.25) is 21.4 Å². The number of fused-ring (bicyclic) bond motifs is 10. The zero-order valence-electron chi connectivity index (χ0n) is 53.0. The SMILES string of the molecule is Cc1ccc([I+]c2ccc(F)cc2)cc1.Clc1cccc2c1[I+]c1ccccc1-2.Fc1ccc([I+]c2ccccc2)cc1.c1ccc2c([I+]c3cccc4ccccc34)cccc2c1.c1ccc2c(c1)[I+]c1ccccc1-2.c1ccc2cc([I+]c3ccc4ccccc4c3)ccc2c1. The third-order valence-corrected chi connectivity index (χ3v) is 33.6. The van der Waals surface area contributed by atoms with E-state index in [4.69, 9.17) is 11.6 Å². The van der Waals surface area contributed by atoms with Gasteiger partial charge in [0.25, 0.3) is 0 Å². The minimum atomic E-state index is -0.176. The number of rotatable bonds is 8. The third-order valence-electron chi connectivity index (χ3n) is 15.7. The van der Waals surface area contributed by atoms with Gasteiger partial charge in [-0.15, -0.1) is 0 Å². The Morgan fingerprint density at radius 3 is 1.08 bits per heavy atom. The fraction of sp³-hybridized carbons (Fsp3) is 0.0112. The average molecular weight is 1970 g/mol. The van der Waals surface area contributed by atoms with Crippen LogP contribution >= 0.6 is 11.6 Å². The van der Waals surface area contributed by atoms with E-state index in [1.807, 2.05) is 54.6 Å². The number of benzene rings is 16. The molecule has 0 saturated heterocycles. The van der Waals surface area contributed by atoms with Crippen molar-refractivity contribution in [3.63, 3.8) is 0 Å². The van der Waals surface area contributed by atoms with Gasteiger partial charge in [0.05, 0.1) is 5.02 Å². The van der Waals surface area contributed by atoms with E-state index in [9.17, 15) is 8.78 Å². The van der Waals surface area contributed by atoms with Gasteiger partial charge in [0.1, 0.15) is 11.6 Å². The van der Waals surface area contributed by atoms with Crippen molar-refractivity contribution in [2.45, 2.75) is 6.92 Å². The van der Waals surface area contributed by atoms with Crippen LogP contribution < -0.4 is 127 Å². The summed E-state index contributed by atoms with van der Waals surface area (Å²) in [6.45, 7) is 2.08. The molecule has 16 aromatic rings. The van der Waals surface area contributed by atoms with Crippen LogP contribution in [-0.2, 0) is 0 Å². The summed E-state index contributed by atoms with van der Waals surface area (Å²) in [5.41, 5.74) is 6.94. The second-order valence-corrected chi connectivity index (χ2v) is 40.5. The summed E-state index contributed by atoms with van der Waals surface area (Å²) in [6.07, 6.45) is 0. The standard InChI is InChI=1S/2C20H14I.C13H11FI.C12H7ClI.C12H9FI.C12H8I/c1-3-11-17-15(7-1)9-5-13-19(17)21-20-14-6-10-16-8-2-4-12-18(16)20;1-3-7-17-13-19(11-9-15(17)5-1)21-20-12-10-16-6-2-4-8-18(16)14-20;1-10-2-6-12(7-3-10)15-13-8-4-11(14)5-9-13;13-10-6-3-5-9-8-4-1-2-7-11(8)14-12(9)10;13-10-6-8-12(9-7-10)14-11-4-2-1-3-5-11;1-3-7-11-9(5-1)10-6-2-4-8-12(10)13-11/h2*1-14H;2-9H,1H3;1-7H;1-9H;1-8H/q6*+1. The first-order valence-electron chi connectivity index (χ1n) is 31.7. The van der Waals surface area contributed by atoms with Crippen molar-refractivity contribution in [3.05, 3.63) is 429 Å².